The number of hydrogen-bond acceptors (Lipinski definition) is 6. The fourth-order valence-electron chi connectivity index (χ4n) is 3.01. The molecule has 1 atom stereocenters. The predicted octanol–water partition coefficient (Wildman–Crippen LogP) is 0.578. The molecule has 8 heteroatoms. The quantitative estimate of drug-likeness (QED) is 0.782. The Morgan fingerprint density at radius 1 is 1.50 bits per heavy atom. The molecule has 0 spiro atoms. The summed E-state index contributed by atoms with van der Waals surface area (Å²) in [5, 5.41) is 3.07. The summed E-state index contributed by atoms with van der Waals surface area (Å²) in [6.07, 6.45) is 2.94. The van der Waals surface area contributed by atoms with Gasteiger partial charge in [-0.25, -0.2) is 13.4 Å². The standard InChI is InChI=1S/C14H21N3O3S2/c1-16(12-3-7-22(19,20)10-12)5-2-13(18)17-8-11(9-17)14-15-4-6-21-14/h4,6,11-12H,2-3,5,7-10H2,1H3/t12-/m0/s1. The van der Waals surface area contributed by atoms with Gasteiger partial charge in [0.25, 0.3) is 0 Å². The third kappa shape index (κ3) is 3.49. The Morgan fingerprint density at radius 3 is 2.86 bits per heavy atom. The van der Waals surface area contributed by atoms with Crippen LogP contribution in [0.3, 0.4) is 0 Å². The predicted molar refractivity (Wildman–Crippen MR) is 85.7 cm³/mol. The molecule has 22 heavy (non-hydrogen) atoms. The molecule has 1 aromatic heterocycles. The van der Waals surface area contributed by atoms with Crippen molar-refractivity contribution in [1.82, 2.24) is 14.8 Å². The maximum atomic E-state index is 12.2. The van der Waals surface area contributed by atoms with E-state index >= 15 is 0 Å². The van der Waals surface area contributed by atoms with Crippen LogP contribution in [-0.4, -0.2) is 73.3 Å². The molecular formula is C14H21N3O3S2. The van der Waals surface area contributed by atoms with Gasteiger partial charge < -0.3 is 9.80 Å². The number of amides is 1. The summed E-state index contributed by atoms with van der Waals surface area (Å²) in [5.74, 6) is 1.05. The van der Waals surface area contributed by atoms with Gasteiger partial charge in [0, 0.05) is 49.6 Å². The average molecular weight is 343 g/mol. The molecule has 2 aliphatic heterocycles. The summed E-state index contributed by atoms with van der Waals surface area (Å²) in [7, 11) is -0.954. The van der Waals surface area contributed by atoms with E-state index in [1.165, 1.54) is 0 Å². The van der Waals surface area contributed by atoms with Crippen molar-refractivity contribution >= 4 is 27.1 Å². The van der Waals surface area contributed by atoms with Crippen LogP contribution in [0.4, 0.5) is 0 Å². The highest BCUT2D eigenvalue weighted by Crippen LogP contribution is 2.28. The van der Waals surface area contributed by atoms with Gasteiger partial charge in [0.1, 0.15) is 0 Å². The van der Waals surface area contributed by atoms with Crippen LogP contribution in [-0.2, 0) is 14.6 Å². The monoisotopic (exact) mass is 343 g/mol. The van der Waals surface area contributed by atoms with Crippen LogP contribution in [0, 0.1) is 0 Å². The van der Waals surface area contributed by atoms with E-state index in [2.05, 4.69) is 4.98 Å². The maximum Gasteiger partial charge on any atom is 0.223 e. The number of rotatable bonds is 5. The third-order valence-corrected chi connectivity index (χ3v) is 7.23. The van der Waals surface area contributed by atoms with Gasteiger partial charge in [-0.3, -0.25) is 4.79 Å². The number of thiazole rings is 1. The molecule has 0 unspecified atom stereocenters. The Morgan fingerprint density at radius 2 is 2.27 bits per heavy atom. The number of carbonyl (C=O) groups is 1. The first-order valence-electron chi connectivity index (χ1n) is 7.52. The van der Waals surface area contributed by atoms with Crippen molar-refractivity contribution in [2.24, 2.45) is 0 Å². The second-order valence-corrected chi connectivity index (χ2v) is 9.31. The van der Waals surface area contributed by atoms with Gasteiger partial charge in [-0.05, 0) is 13.5 Å². The van der Waals surface area contributed by atoms with Crippen LogP contribution in [0.25, 0.3) is 0 Å². The molecule has 0 radical (unpaired) electrons. The number of carbonyl (C=O) groups excluding carboxylic acids is 1. The summed E-state index contributed by atoms with van der Waals surface area (Å²) in [4.78, 5) is 20.3. The van der Waals surface area contributed by atoms with Crippen LogP contribution >= 0.6 is 11.3 Å². The molecular weight excluding hydrogens is 322 g/mol. The lowest BCUT2D eigenvalue weighted by Crippen LogP contribution is -2.49. The molecule has 1 aromatic rings. The van der Waals surface area contributed by atoms with Crippen molar-refractivity contribution in [3.05, 3.63) is 16.6 Å². The van der Waals surface area contributed by atoms with Crippen molar-refractivity contribution in [2.45, 2.75) is 24.8 Å². The normalized spacial score (nSPS) is 24.6. The van der Waals surface area contributed by atoms with Crippen LogP contribution in [0.15, 0.2) is 11.6 Å². The molecule has 0 bridgehead atoms. The maximum absolute atomic E-state index is 12.2. The van der Waals surface area contributed by atoms with Crippen molar-refractivity contribution < 1.29 is 13.2 Å². The largest absolute Gasteiger partial charge is 0.341 e. The third-order valence-electron chi connectivity index (χ3n) is 4.55. The minimum absolute atomic E-state index is 0.0669. The lowest BCUT2D eigenvalue weighted by Gasteiger charge is -2.38. The van der Waals surface area contributed by atoms with E-state index < -0.39 is 9.84 Å². The number of sulfone groups is 1. The lowest BCUT2D eigenvalue weighted by molar-refractivity contribution is -0.136. The minimum atomic E-state index is -2.86. The first-order valence-corrected chi connectivity index (χ1v) is 10.2. The van der Waals surface area contributed by atoms with E-state index in [9.17, 15) is 13.2 Å². The molecule has 6 nitrogen and oxygen atoms in total. The van der Waals surface area contributed by atoms with Gasteiger partial charge in [0.15, 0.2) is 9.84 Å². The van der Waals surface area contributed by atoms with Gasteiger partial charge in [-0.2, -0.15) is 0 Å². The Labute approximate surface area is 135 Å². The number of aromatic nitrogens is 1. The number of hydrogen-bond donors (Lipinski definition) is 0. The highest BCUT2D eigenvalue weighted by atomic mass is 32.2. The molecule has 3 heterocycles. The van der Waals surface area contributed by atoms with E-state index in [4.69, 9.17) is 0 Å². The molecule has 122 valence electrons. The van der Waals surface area contributed by atoms with E-state index in [0.717, 1.165) is 18.1 Å². The van der Waals surface area contributed by atoms with E-state index in [-0.39, 0.29) is 23.5 Å². The van der Waals surface area contributed by atoms with Crippen molar-refractivity contribution in [2.75, 3.05) is 38.2 Å². The minimum Gasteiger partial charge on any atom is -0.341 e. The Kier molecular flexibility index (Phi) is 4.52. The topological polar surface area (TPSA) is 70.6 Å². The summed E-state index contributed by atoms with van der Waals surface area (Å²) >= 11 is 1.64. The van der Waals surface area contributed by atoms with Gasteiger partial charge in [-0.1, -0.05) is 0 Å². The zero-order chi connectivity index (χ0) is 15.7. The molecule has 0 N–H and O–H groups in total. The van der Waals surface area contributed by atoms with E-state index in [0.29, 0.717) is 25.3 Å². The summed E-state index contributed by atoms with van der Waals surface area (Å²) in [6.45, 7) is 2.14. The molecule has 0 saturated carbocycles. The van der Waals surface area contributed by atoms with Crippen molar-refractivity contribution in [3.63, 3.8) is 0 Å². The fraction of sp³-hybridized carbons (Fsp3) is 0.714. The smallest absolute Gasteiger partial charge is 0.223 e. The van der Waals surface area contributed by atoms with Crippen LogP contribution in [0.5, 0.6) is 0 Å². The van der Waals surface area contributed by atoms with Crippen LogP contribution in [0.1, 0.15) is 23.8 Å². The molecule has 2 aliphatic rings. The van der Waals surface area contributed by atoms with Crippen molar-refractivity contribution in [3.8, 4) is 0 Å². The Hall–Kier alpha value is -0.990. The highest BCUT2D eigenvalue weighted by molar-refractivity contribution is 7.91. The molecule has 2 fully saturated rings. The summed E-state index contributed by atoms with van der Waals surface area (Å²) in [6, 6.07) is 0.0669. The first kappa shape index (κ1) is 15.9. The fourth-order valence-corrected chi connectivity index (χ4v) is 5.54. The molecule has 0 aliphatic carbocycles. The molecule has 2 saturated heterocycles. The molecule has 3 rings (SSSR count). The average Bonchev–Trinajstić information content (AvgIpc) is 3.04. The van der Waals surface area contributed by atoms with E-state index in [1.54, 1.807) is 17.5 Å². The zero-order valence-electron chi connectivity index (χ0n) is 12.6. The van der Waals surface area contributed by atoms with Crippen LogP contribution < -0.4 is 0 Å². The van der Waals surface area contributed by atoms with Gasteiger partial charge >= 0.3 is 0 Å². The van der Waals surface area contributed by atoms with Crippen LogP contribution in [0.2, 0.25) is 0 Å². The summed E-state index contributed by atoms with van der Waals surface area (Å²) < 4.78 is 23.0. The van der Waals surface area contributed by atoms with Gasteiger partial charge in [-0.15, -0.1) is 11.3 Å². The molecule has 1 amide bonds. The van der Waals surface area contributed by atoms with Crippen molar-refractivity contribution in [1.29, 1.82) is 0 Å². The Balaban J connectivity index is 1.40. The highest BCUT2D eigenvalue weighted by Gasteiger charge is 2.34. The van der Waals surface area contributed by atoms with Gasteiger partial charge in [0.2, 0.25) is 5.91 Å². The Bertz CT molecular complexity index is 624. The number of nitrogens with zero attached hydrogens (tertiary/aromatic N) is 3. The summed E-state index contributed by atoms with van der Waals surface area (Å²) in [5.41, 5.74) is 0. The van der Waals surface area contributed by atoms with E-state index in [1.807, 2.05) is 22.2 Å². The SMILES string of the molecule is CN(CCC(=O)N1CC(c2nccs2)C1)[C@H]1CCS(=O)(=O)C1. The number of likely N-dealkylation sites (tertiary alicyclic amines) is 1. The van der Waals surface area contributed by atoms with Gasteiger partial charge in [0.05, 0.1) is 16.5 Å². The molecule has 0 aromatic carbocycles. The second kappa shape index (κ2) is 6.25. The second-order valence-electron chi connectivity index (χ2n) is 6.15. The zero-order valence-corrected chi connectivity index (χ0v) is 14.3. The first-order chi connectivity index (χ1) is 10.4. The lowest BCUT2D eigenvalue weighted by atomic mass is 10.0.